The van der Waals surface area contributed by atoms with E-state index in [1.54, 1.807) is 24.9 Å². The summed E-state index contributed by atoms with van der Waals surface area (Å²) in [5, 5.41) is 47.2. The molecule has 4 fully saturated rings. The molecule has 18 N–H and O–H groups in total. The molecule has 0 spiro atoms. The molecule has 1 aromatic heterocycles. The van der Waals surface area contributed by atoms with E-state index in [1.165, 1.54) is 4.57 Å². The number of nitrogens with zero attached hydrogens (tertiary/aromatic N) is 2. The first-order chi connectivity index (χ1) is 29.8. The van der Waals surface area contributed by atoms with Crippen LogP contribution < -0.4 is 49.6 Å². The van der Waals surface area contributed by atoms with Crippen molar-refractivity contribution >= 4 is 38.6 Å². The van der Waals surface area contributed by atoms with Crippen LogP contribution in [0.1, 0.15) is 62.9 Å². The normalized spacial score (nSPS) is 34.4. The SMILES string of the molecule is CN[C@@H]1[C@@H](O)[C@@H](O[C@@H]2[C@@H](O)[C@H](O[C@H]3OC(CN)=CC[C@H]3N)[C@@H](N)C[C@H]2N)OC[C@]1(C)O.C[C@@H]1CN(c2c(F)c(N)c3c(=O)c(C(=O)O)cn(C4CC4)c3c2F)C[C@H](C)N1.O=S(=O)(O)O. The standard InChI is InChI=1S/C19H22F2N4O3.C19H37N5O7.H2O4S/c1-8-5-24(6-9(2)23-8)17-13(20)15(22)12-16(14(17)21)25(10-3-4-10)7-11(18(12)26)19(27)28;1-19(27)7-28-18(13(26)16(19)24-2)31-15-11(23)5-10(22)14(12(15)25)30-17-9(21)4-3-8(6-20)29-17;1-5(2,3)4/h7-10,23H,3-6,22H2,1-2H3,(H,27,28);3,9-18,24-27H,4-7,20-23H2,1-2H3;(H2,1,2,3,4)/t8-,9+;9-,10+,11-,12+,13-,14-,15+,16-,17-,18-,19+;/m.1./s1. The van der Waals surface area contributed by atoms with Crippen LogP contribution in [-0.4, -0.2) is 161 Å². The number of nitrogen functional groups attached to an aromatic ring is 1. The number of pyridine rings is 1. The van der Waals surface area contributed by atoms with E-state index in [0.29, 0.717) is 31.7 Å². The zero-order valence-corrected chi connectivity index (χ0v) is 36.5. The average Bonchev–Trinajstić information content (AvgIpc) is 4.03. The van der Waals surface area contributed by atoms with Crippen molar-refractivity contribution in [2.45, 2.75) is 131 Å². The second-order valence-corrected chi connectivity index (χ2v) is 18.0. The maximum absolute atomic E-state index is 15.6. The molecule has 7 rings (SSSR count). The maximum Gasteiger partial charge on any atom is 0.394 e. The van der Waals surface area contributed by atoms with Gasteiger partial charge in [-0.2, -0.15) is 8.42 Å². The minimum Gasteiger partial charge on any atom is -0.477 e. The number of benzene rings is 1. The van der Waals surface area contributed by atoms with Crippen LogP contribution in [0.2, 0.25) is 0 Å². The first-order valence-electron chi connectivity index (χ1n) is 20.6. The Hall–Kier alpha value is -3.71. The first-order valence-corrected chi connectivity index (χ1v) is 22.0. The van der Waals surface area contributed by atoms with Crippen LogP contribution in [0.4, 0.5) is 20.2 Å². The molecule has 362 valence electrons. The first kappa shape index (κ1) is 51.3. The number of halogens is 2. The minimum absolute atomic E-state index is 0.0134. The van der Waals surface area contributed by atoms with E-state index in [-0.39, 0.29) is 42.5 Å². The van der Waals surface area contributed by atoms with Gasteiger partial charge in [-0.1, -0.05) is 0 Å². The lowest BCUT2D eigenvalue weighted by Crippen LogP contribution is -2.68. The smallest absolute Gasteiger partial charge is 0.394 e. The number of carboxylic acid groups (broad SMARTS) is 1. The number of nitrogens with two attached hydrogens (primary N) is 5. The Labute approximate surface area is 367 Å². The number of carbonyl (C=O) groups is 1. The summed E-state index contributed by atoms with van der Waals surface area (Å²) >= 11 is 0. The Morgan fingerprint density at radius 3 is 2.09 bits per heavy atom. The van der Waals surface area contributed by atoms with Crippen molar-refractivity contribution in [3.8, 4) is 0 Å². The number of rotatable bonds is 9. The molecule has 0 radical (unpaired) electrons. The number of aromatic nitrogens is 1. The number of aliphatic hydroxyl groups is 3. The topological polar surface area (TPSA) is 389 Å². The fraction of sp³-hybridized carbons (Fsp3) is 0.684. The third-order valence-electron chi connectivity index (χ3n) is 11.6. The molecule has 23 nitrogen and oxygen atoms in total. The van der Waals surface area contributed by atoms with Gasteiger partial charge in [0.25, 0.3) is 0 Å². The molecule has 0 bridgehead atoms. The van der Waals surface area contributed by atoms with Gasteiger partial charge in [0.15, 0.2) is 17.9 Å². The molecule has 3 aliphatic heterocycles. The summed E-state index contributed by atoms with van der Waals surface area (Å²) in [6.07, 6.45) is -0.958. The molecular weight excluding hydrogens is 877 g/mol. The zero-order valence-electron chi connectivity index (χ0n) is 35.7. The summed E-state index contributed by atoms with van der Waals surface area (Å²) in [6, 6.07) is -2.47. The highest BCUT2D eigenvalue weighted by Gasteiger charge is 2.51. The molecule has 4 heterocycles. The number of aliphatic hydroxyl groups excluding tert-OH is 2. The van der Waals surface area contributed by atoms with Gasteiger partial charge in [0.1, 0.15) is 47.0 Å². The second-order valence-electron chi connectivity index (χ2n) is 17.1. The van der Waals surface area contributed by atoms with Crippen LogP contribution in [-0.2, 0) is 29.3 Å². The van der Waals surface area contributed by atoms with Gasteiger partial charge in [0.2, 0.25) is 11.7 Å². The van der Waals surface area contributed by atoms with E-state index in [1.807, 2.05) is 13.8 Å². The third kappa shape index (κ3) is 11.6. The Morgan fingerprint density at radius 1 is 1.02 bits per heavy atom. The Bertz CT molecular complexity index is 2180. The highest BCUT2D eigenvalue weighted by atomic mass is 32.3. The molecule has 64 heavy (non-hydrogen) atoms. The van der Waals surface area contributed by atoms with E-state index in [9.17, 15) is 30.0 Å². The molecule has 2 aliphatic carbocycles. The number of nitrogens with one attached hydrogen (secondary N) is 2. The van der Waals surface area contributed by atoms with Crippen molar-refractivity contribution in [1.29, 1.82) is 0 Å². The summed E-state index contributed by atoms with van der Waals surface area (Å²) in [5.41, 5.74) is 26.4. The van der Waals surface area contributed by atoms with Gasteiger partial charge in [-0.05, 0) is 59.6 Å². The lowest BCUT2D eigenvalue weighted by Gasteiger charge is -2.48. The summed E-state index contributed by atoms with van der Waals surface area (Å²) in [4.78, 5) is 25.7. The number of hydrogen-bond donors (Lipinski definition) is 13. The van der Waals surface area contributed by atoms with Crippen molar-refractivity contribution in [3.05, 3.63) is 45.5 Å². The number of hydrogen-bond acceptors (Lipinski definition) is 19. The van der Waals surface area contributed by atoms with E-state index in [4.69, 9.17) is 65.1 Å². The van der Waals surface area contributed by atoms with Crippen LogP contribution in [0, 0.1) is 11.6 Å². The maximum atomic E-state index is 15.6. The molecule has 26 heteroatoms. The fourth-order valence-corrected chi connectivity index (χ4v) is 8.57. The molecule has 1 aromatic carbocycles. The Kier molecular flexibility index (Phi) is 16.4. The highest BCUT2D eigenvalue weighted by molar-refractivity contribution is 7.79. The number of carboxylic acids is 1. The molecule has 2 aromatic rings. The lowest BCUT2D eigenvalue weighted by atomic mass is 9.84. The van der Waals surface area contributed by atoms with Crippen molar-refractivity contribution in [1.82, 2.24) is 15.2 Å². The molecule has 2 saturated carbocycles. The molecule has 5 aliphatic rings. The van der Waals surface area contributed by atoms with Crippen molar-refractivity contribution in [2.75, 3.05) is 43.9 Å². The molecular formula is C38H61F2N9O14S. The fourth-order valence-electron chi connectivity index (χ4n) is 8.57. The van der Waals surface area contributed by atoms with Gasteiger partial charge in [-0.25, -0.2) is 13.6 Å². The number of aromatic carboxylic acids is 1. The predicted molar refractivity (Wildman–Crippen MR) is 226 cm³/mol. The van der Waals surface area contributed by atoms with E-state index < -0.39 is 117 Å². The van der Waals surface area contributed by atoms with Crippen molar-refractivity contribution in [2.24, 2.45) is 22.9 Å². The van der Waals surface area contributed by atoms with Crippen LogP contribution in [0.5, 0.6) is 0 Å². The van der Waals surface area contributed by atoms with Crippen LogP contribution in [0.3, 0.4) is 0 Å². The summed E-state index contributed by atoms with van der Waals surface area (Å²) in [7, 11) is -3.05. The van der Waals surface area contributed by atoms with Crippen molar-refractivity contribution < 1.29 is 70.5 Å². The monoisotopic (exact) mass is 937 g/mol. The number of likely N-dealkylation sites (N-methyl/N-ethyl adjacent to an activating group) is 1. The molecule has 2 saturated heterocycles. The highest BCUT2D eigenvalue weighted by Crippen LogP contribution is 2.42. The summed E-state index contributed by atoms with van der Waals surface area (Å²) in [6.45, 7) is 6.28. The third-order valence-corrected chi connectivity index (χ3v) is 11.6. The average molecular weight is 938 g/mol. The molecule has 0 unspecified atom stereocenters. The second kappa shape index (κ2) is 20.4. The van der Waals surface area contributed by atoms with Crippen LogP contribution >= 0.6 is 0 Å². The quantitative estimate of drug-likeness (QED) is 0.0919. The Balaban J connectivity index is 0.000000219. The number of anilines is 2. The van der Waals surface area contributed by atoms with Gasteiger partial charge in [0, 0.05) is 49.5 Å². The molecule has 0 amide bonds. The van der Waals surface area contributed by atoms with E-state index in [0.717, 1.165) is 19.0 Å². The predicted octanol–water partition coefficient (Wildman–Crippen LogP) is -2.42. The molecule has 13 atom stereocenters. The number of ether oxygens (including phenoxy) is 4. The zero-order chi connectivity index (χ0) is 47.7. The lowest BCUT2D eigenvalue weighted by molar-refractivity contribution is -0.303. The number of piperazine rings is 1. The number of fused-ring (bicyclic) bond motifs is 1. The van der Waals surface area contributed by atoms with Crippen LogP contribution in [0.25, 0.3) is 10.9 Å². The van der Waals surface area contributed by atoms with E-state index >= 15 is 8.78 Å². The van der Waals surface area contributed by atoms with Crippen molar-refractivity contribution in [3.63, 3.8) is 0 Å². The minimum atomic E-state index is -4.67. The largest absolute Gasteiger partial charge is 0.477 e. The Morgan fingerprint density at radius 2 is 1.58 bits per heavy atom. The summed E-state index contributed by atoms with van der Waals surface area (Å²) < 4.78 is 86.9. The van der Waals surface area contributed by atoms with Gasteiger partial charge in [-0.15, -0.1) is 0 Å². The van der Waals surface area contributed by atoms with E-state index in [2.05, 4.69) is 10.6 Å². The van der Waals surface area contributed by atoms with Gasteiger partial charge in [0.05, 0.1) is 41.8 Å². The summed E-state index contributed by atoms with van der Waals surface area (Å²) in [5.74, 6) is -2.79. The van der Waals surface area contributed by atoms with Crippen LogP contribution in [0.15, 0.2) is 22.8 Å². The van der Waals surface area contributed by atoms with Gasteiger partial charge < -0.3 is 88.1 Å². The van der Waals surface area contributed by atoms with Gasteiger partial charge >= 0.3 is 16.4 Å². The van der Waals surface area contributed by atoms with Gasteiger partial charge in [-0.3, -0.25) is 13.9 Å².